The number of anilines is 2. The zero-order chi connectivity index (χ0) is 19.6. The van der Waals surface area contributed by atoms with Crippen LogP contribution in [-0.2, 0) is 4.79 Å². The quantitative estimate of drug-likeness (QED) is 0.276. The number of hydrogen-bond acceptors (Lipinski definition) is 3. The van der Waals surface area contributed by atoms with E-state index in [0.29, 0.717) is 22.9 Å². The van der Waals surface area contributed by atoms with E-state index in [9.17, 15) is 4.79 Å². The number of rotatable bonds is 4. The molecule has 1 aromatic heterocycles. The van der Waals surface area contributed by atoms with Gasteiger partial charge in [-0.25, -0.2) is 0 Å². The first-order valence-corrected chi connectivity index (χ1v) is 10.3. The first-order valence-electron chi connectivity index (χ1n) is 7.93. The summed E-state index contributed by atoms with van der Waals surface area (Å²) in [6, 6.07) is 13.1. The van der Waals surface area contributed by atoms with Gasteiger partial charge in [-0.1, -0.05) is 15.9 Å². The number of benzene rings is 2. The molecule has 1 amide bonds. The summed E-state index contributed by atoms with van der Waals surface area (Å²) in [7, 11) is 0. The van der Waals surface area contributed by atoms with Gasteiger partial charge in [0.15, 0.2) is 0 Å². The number of amides is 1. The molecule has 138 valence electrons. The Hall–Kier alpha value is -1.83. The molecule has 3 rings (SSSR count). The lowest BCUT2D eigenvalue weighted by Crippen LogP contribution is -2.09. The maximum absolute atomic E-state index is 12.2. The van der Waals surface area contributed by atoms with E-state index < -0.39 is 0 Å². The normalized spacial score (nSPS) is 11.1. The molecule has 0 saturated carbocycles. The van der Waals surface area contributed by atoms with Crippen LogP contribution >= 0.6 is 47.8 Å². The number of carbonyl (C=O) groups is 1. The van der Waals surface area contributed by atoms with Crippen LogP contribution in [0.1, 0.15) is 11.3 Å². The van der Waals surface area contributed by atoms with Crippen molar-refractivity contribution >= 4 is 71.1 Å². The Balaban J connectivity index is 1.73. The van der Waals surface area contributed by atoms with E-state index in [1.165, 1.54) is 6.08 Å². The lowest BCUT2D eigenvalue weighted by atomic mass is 10.2. The molecule has 27 heavy (non-hydrogen) atoms. The fourth-order valence-corrected chi connectivity index (χ4v) is 4.45. The average Bonchev–Trinajstić information content (AvgIpc) is 3.05. The van der Waals surface area contributed by atoms with Crippen LogP contribution in [0.5, 0.6) is 0 Å². The highest BCUT2D eigenvalue weighted by molar-refractivity contribution is 9.11. The van der Waals surface area contributed by atoms with E-state index in [1.54, 1.807) is 18.2 Å². The summed E-state index contributed by atoms with van der Waals surface area (Å²) in [5.74, 6) is 1.04. The number of halogens is 3. The number of nitrogen functional groups attached to an aromatic ring is 1. The van der Waals surface area contributed by atoms with Crippen molar-refractivity contribution in [3.05, 3.63) is 73.3 Å². The number of hydrogen-bond donors (Lipinski definition) is 2. The van der Waals surface area contributed by atoms with Crippen molar-refractivity contribution in [1.82, 2.24) is 0 Å². The molecule has 0 spiro atoms. The minimum atomic E-state index is -0.258. The lowest BCUT2D eigenvalue weighted by Gasteiger charge is -2.10. The van der Waals surface area contributed by atoms with E-state index >= 15 is 0 Å². The van der Waals surface area contributed by atoms with Gasteiger partial charge in [0.05, 0.1) is 5.69 Å². The van der Waals surface area contributed by atoms with Crippen LogP contribution in [0.15, 0.2) is 66.4 Å². The Morgan fingerprint density at radius 3 is 2.56 bits per heavy atom. The number of carbonyl (C=O) groups excluding carboxylic acids is 1. The van der Waals surface area contributed by atoms with Gasteiger partial charge in [0, 0.05) is 30.7 Å². The monoisotopic (exact) mass is 552 g/mol. The Morgan fingerprint density at radius 2 is 1.85 bits per heavy atom. The summed E-state index contributed by atoms with van der Waals surface area (Å²) in [6.07, 6.45) is 3.06. The Labute approximate surface area is 182 Å². The summed E-state index contributed by atoms with van der Waals surface area (Å²) in [4.78, 5) is 12.2. The smallest absolute Gasteiger partial charge is 0.248 e. The highest BCUT2D eigenvalue weighted by Crippen LogP contribution is 2.32. The molecule has 2 aromatic carbocycles. The van der Waals surface area contributed by atoms with Gasteiger partial charge < -0.3 is 15.5 Å². The zero-order valence-electron chi connectivity index (χ0n) is 14.2. The Bertz CT molecular complexity index is 1020. The fraction of sp³-hybridized carbons (Fsp3) is 0.0500. The van der Waals surface area contributed by atoms with Gasteiger partial charge in [-0.3, -0.25) is 4.79 Å². The van der Waals surface area contributed by atoms with Gasteiger partial charge in [-0.05, 0) is 92.9 Å². The molecule has 3 aromatic rings. The highest BCUT2D eigenvalue weighted by Gasteiger charge is 2.10. The van der Waals surface area contributed by atoms with Gasteiger partial charge in [0.1, 0.15) is 11.5 Å². The van der Waals surface area contributed by atoms with Crippen LogP contribution in [0.4, 0.5) is 11.4 Å². The molecule has 1 heterocycles. The molecule has 0 atom stereocenters. The molecular formula is C20H15Br3N2O2. The van der Waals surface area contributed by atoms with Crippen molar-refractivity contribution in [3.63, 3.8) is 0 Å². The fourth-order valence-electron chi connectivity index (χ4n) is 2.53. The van der Waals surface area contributed by atoms with Crippen molar-refractivity contribution in [2.45, 2.75) is 6.92 Å². The van der Waals surface area contributed by atoms with Crippen LogP contribution < -0.4 is 11.1 Å². The molecular weight excluding hydrogens is 540 g/mol. The Morgan fingerprint density at radius 1 is 1.07 bits per heavy atom. The zero-order valence-corrected chi connectivity index (χ0v) is 19.0. The van der Waals surface area contributed by atoms with E-state index in [1.807, 2.05) is 37.3 Å². The largest absolute Gasteiger partial charge is 0.457 e. The molecule has 0 aliphatic heterocycles. The van der Waals surface area contributed by atoms with Crippen molar-refractivity contribution in [3.8, 4) is 11.3 Å². The molecule has 3 N–H and O–H groups in total. The maximum Gasteiger partial charge on any atom is 0.248 e. The van der Waals surface area contributed by atoms with Crippen LogP contribution in [0, 0.1) is 6.92 Å². The second kappa shape index (κ2) is 8.46. The minimum Gasteiger partial charge on any atom is -0.457 e. The standard InChI is InChI=1S/C20H15Br3N2O2/c1-11-8-13(24)10-17(23)20(11)25-19(26)7-4-14-3-6-18(27-14)15-5-2-12(21)9-16(15)22/h2-10H,24H2,1H3,(H,25,26)/b7-4+. The predicted molar refractivity (Wildman–Crippen MR) is 120 cm³/mol. The molecule has 0 fully saturated rings. The van der Waals surface area contributed by atoms with E-state index in [0.717, 1.165) is 24.5 Å². The maximum atomic E-state index is 12.2. The summed E-state index contributed by atoms with van der Waals surface area (Å²) >= 11 is 10.4. The van der Waals surface area contributed by atoms with Crippen LogP contribution in [0.25, 0.3) is 17.4 Å². The first-order chi connectivity index (χ1) is 12.8. The van der Waals surface area contributed by atoms with Crippen LogP contribution in [0.2, 0.25) is 0 Å². The van der Waals surface area contributed by atoms with Crippen LogP contribution in [0.3, 0.4) is 0 Å². The van der Waals surface area contributed by atoms with Gasteiger partial charge in [-0.2, -0.15) is 0 Å². The van der Waals surface area contributed by atoms with Gasteiger partial charge in [0.2, 0.25) is 5.91 Å². The van der Waals surface area contributed by atoms with Crippen molar-refractivity contribution in [2.24, 2.45) is 0 Å². The molecule has 0 bridgehead atoms. The highest BCUT2D eigenvalue weighted by atomic mass is 79.9. The second-order valence-electron chi connectivity index (χ2n) is 5.84. The van der Waals surface area contributed by atoms with E-state index in [2.05, 4.69) is 53.1 Å². The number of aryl methyl sites for hydroxylation is 1. The molecule has 0 unspecified atom stereocenters. The first kappa shape index (κ1) is 19.9. The van der Waals surface area contributed by atoms with Gasteiger partial charge in [0.25, 0.3) is 0 Å². The molecule has 7 heteroatoms. The number of nitrogens with one attached hydrogen (secondary N) is 1. The molecule has 0 saturated heterocycles. The summed E-state index contributed by atoms with van der Waals surface area (Å²) in [5, 5.41) is 2.85. The minimum absolute atomic E-state index is 0.258. The Kier molecular flexibility index (Phi) is 6.24. The SMILES string of the molecule is Cc1cc(N)cc(Br)c1NC(=O)/C=C/c1ccc(-c2ccc(Br)cc2Br)o1. The molecule has 0 aliphatic rings. The molecule has 0 aliphatic carbocycles. The number of furan rings is 1. The van der Waals surface area contributed by atoms with Crippen LogP contribution in [-0.4, -0.2) is 5.91 Å². The topological polar surface area (TPSA) is 68.3 Å². The second-order valence-corrected chi connectivity index (χ2v) is 8.47. The van der Waals surface area contributed by atoms with Crippen molar-refractivity contribution in [2.75, 3.05) is 11.1 Å². The summed E-state index contributed by atoms with van der Waals surface area (Å²) < 4.78 is 8.45. The van der Waals surface area contributed by atoms with E-state index in [-0.39, 0.29) is 5.91 Å². The lowest BCUT2D eigenvalue weighted by molar-refractivity contribution is -0.111. The third kappa shape index (κ3) is 4.91. The van der Waals surface area contributed by atoms with Crippen molar-refractivity contribution in [1.29, 1.82) is 0 Å². The van der Waals surface area contributed by atoms with Gasteiger partial charge in [-0.15, -0.1) is 0 Å². The summed E-state index contributed by atoms with van der Waals surface area (Å²) in [6.45, 7) is 1.88. The third-order valence-electron chi connectivity index (χ3n) is 3.78. The predicted octanol–water partition coefficient (Wildman–Crippen LogP) is 6.78. The molecule has 0 radical (unpaired) electrons. The summed E-state index contributed by atoms with van der Waals surface area (Å²) in [5.41, 5.74) is 8.93. The third-order valence-corrected chi connectivity index (χ3v) is 5.56. The average molecular weight is 555 g/mol. The van der Waals surface area contributed by atoms with Crippen molar-refractivity contribution < 1.29 is 9.21 Å². The molecule has 4 nitrogen and oxygen atoms in total. The van der Waals surface area contributed by atoms with Gasteiger partial charge >= 0.3 is 0 Å². The van der Waals surface area contributed by atoms with E-state index in [4.69, 9.17) is 10.2 Å². The number of nitrogens with two attached hydrogens (primary N) is 1.